The number of benzene rings is 1. The van der Waals surface area contributed by atoms with Crippen LogP contribution in [0.4, 0.5) is 0 Å². The molecule has 0 bridgehead atoms. The third kappa shape index (κ3) is 4.06. The minimum absolute atomic E-state index is 0.0426. The second-order valence-corrected chi connectivity index (χ2v) is 5.48. The molecule has 2 rings (SSSR count). The number of carbonyl (C=O) groups is 1. The first-order chi connectivity index (χ1) is 9.16. The van der Waals surface area contributed by atoms with E-state index in [4.69, 9.17) is 10.8 Å². The van der Waals surface area contributed by atoms with Crippen LogP contribution in [0.25, 0.3) is 0 Å². The number of hydrogen-bond donors (Lipinski definition) is 2. The number of nitrogens with two attached hydrogens (primary N) is 1. The SMILES string of the molecule is NC(CCCCC(=O)O)c1ccc2c(c1)CCCC2. The molecule has 1 unspecified atom stereocenters. The fourth-order valence-corrected chi connectivity index (χ4v) is 2.79. The maximum Gasteiger partial charge on any atom is 0.303 e. The highest BCUT2D eigenvalue weighted by Crippen LogP contribution is 2.25. The van der Waals surface area contributed by atoms with E-state index in [-0.39, 0.29) is 12.5 Å². The molecule has 3 nitrogen and oxygen atoms in total. The first kappa shape index (κ1) is 14.1. The van der Waals surface area contributed by atoms with Crippen LogP contribution >= 0.6 is 0 Å². The van der Waals surface area contributed by atoms with Gasteiger partial charge in [0, 0.05) is 12.5 Å². The van der Waals surface area contributed by atoms with E-state index < -0.39 is 5.97 Å². The molecule has 0 fully saturated rings. The molecule has 0 saturated heterocycles. The second kappa shape index (κ2) is 6.71. The lowest BCUT2D eigenvalue weighted by atomic mass is 9.88. The second-order valence-electron chi connectivity index (χ2n) is 5.48. The number of carboxylic acids is 1. The molecule has 0 aliphatic heterocycles. The summed E-state index contributed by atoms with van der Waals surface area (Å²) in [5.41, 5.74) is 10.3. The molecule has 1 aliphatic carbocycles. The number of fused-ring (bicyclic) bond motifs is 1. The molecule has 1 aliphatic rings. The van der Waals surface area contributed by atoms with Crippen molar-refractivity contribution in [1.29, 1.82) is 0 Å². The Hall–Kier alpha value is -1.35. The van der Waals surface area contributed by atoms with Gasteiger partial charge in [0.2, 0.25) is 0 Å². The van der Waals surface area contributed by atoms with Crippen molar-refractivity contribution in [2.24, 2.45) is 5.73 Å². The minimum atomic E-state index is -0.720. The van der Waals surface area contributed by atoms with Gasteiger partial charge in [-0.25, -0.2) is 0 Å². The Labute approximate surface area is 114 Å². The summed E-state index contributed by atoms with van der Waals surface area (Å²) in [6.07, 6.45) is 7.66. The number of rotatable bonds is 6. The van der Waals surface area contributed by atoms with Gasteiger partial charge in [-0.2, -0.15) is 0 Å². The molecule has 0 spiro atoms. The lowest BCUT2D eigenvalue weighted by Crippen LogP contribution is -2.12. The third-order valence-corrected chi connectivity index (χ3v) is 3.96. The molecule has 104 valence electrons. The Morgan fingerprint density at radius 3 is 2.68 bits per heavy atom. The summed E-state index contributed by atoms with van der Waals surface area (Å²) in [5.74, 6) is -0.720. The van der Waals surface area contributed by atoms with Crippen LogP contribution in [0.1, 0.15) is 61.3 Å². The van der Waals surface area contributed by atoms with Gasteiger partial charge in [0.15, 0.2) is 0 Å². The van der Waals surface area contributed by atoms with Crippen LogP contribution in [-0.4, -0.2) is 11.1 Å². The highest BCUT2D eigenvalue weighted by Gasteiger charge is 2.12. The van der Waals surface area contributed by atoms with E-state index in [2.05, 4.69) is 18.2 Å². The Balaban J connectivity index is 1.88. The molecule has 1 aromatic rings. The van der Waals surface area contributed by atoms with Crippen molar-refractivity contribution in [3.8, 4) is 0 Å². The summed E-state index contributed by atoms with van der Waals surface area (Å²) in [6, 6.07) is 6.67. The van der Waals surface area contributed by atoms with Crippen LogP contribution in [0.2, 0.25) is 0 Å². The number of hydrogen-bond acceptors (Lipinski definition) is 2. The molecule has 0 saturated carbocycles. The van der Waals surface area contributed by atoms with E-state index in [9.17, 15) is 4.79 Å². The topological polar surface area (TPSA) is 63.3 Å². The van der Waals surface area contributed by atoms with E-state index in [0.29, 0.717) is 6.42 Å². The molecule has 3 N–H and O–H groups in total. The van der Waals surface area contributed by atoms with Gasteiger partial charge in [-0.3, -0.25) is 4.79 Å². The Morgan fingerprint density at radius 2 is 1.95 bits per heavy atom. The van der Waals surface area contributed by atoms with Crippen molar-refractivity contribution >= 4 is 5.97 Å². The number of aliphatic carboxylic acids is 1. The maximum absolute atomic E-state index is 10.4. The van der Waals surface area contributed by atoms with Crippen molar-refractivity contribution in [2.45, 2.75) is 57.4 Å². The van der Waals surface area contributed by atoms with E-state index in [1.807, 2.05) is 0 Å². The highest BCUT2D eigenvalue weighted by molar-refractivity contribution is 5.66. The first-order valence-corrected chi connectivity index (χ1v) is 7.26. The molecule has 3 heteroatoms. The Kier molecular flexibility index (Phi) is 4.97. The molecular weight excluding hydrogens is 238 g/mol. The molecule has 0 radical (unpaired) electrons. The van der Waals surface area contributed by atoms with Crippen LogP contribution in [0.15, 0.2) is 18.2 Å². The third-order valence-electron chi connectivity index (χ3n) is 3.96. The average molecular weight is 261 g/mol. The van der Waals surface area contributed by atoms with Crippen LogP contribution in [0.3, 0.4) is 0 Å². The molecule has 0 aromatic heterocycles. The van der Waals surface area contributed by atoms with Gasteiger partial charge in [0.05, 0.1) is 0 Å². The average Bonchev–Trinajstić information content (AvgIpc) is 2.42. The zero-order valence-electron chi connectivity index (χ0n) is 11.4. The van der Waals surface area contributed by atoms with E-state index >= 15 is 0 Å². The van der Waals surface area contributed by atoms with Gasteiger partial charge in [-0.15, -0.1) is 0 Å². The van der Waals surface area contributed by atoms with Gasteiger partial charge in [0.25, 0.3) is 0 Å². The van der Waals surface area contributed by atoms with Crippen molar-refractivity contribution in [3.05, 3.63) is 34.9 Å². The van der Waals surface area contributed by atoms with Crippen LogP contribution in [0.5, 0.6) is 0 Å². The maximum atomic E-state index is 10.4. The standard InChI is InChI=1S/C16H23NO2/c17-15(7-3-4-8-16(18)19)14-10-9-12-5-1-2-6-13(12)11-14/h9-11,15H,1-8,17H2,(H,18,19). The summed E-state index contributed by atoms with van der Waals surface area (Å²) in [5, 5.41) is 8.60. The summed E-state index contributed by atoms with van der Waals surface area (Å²) >= 11 is 0. The molecule has 1 atom stereocenters. The number of carboxylic acid groups (broad SMARTS) is 1. The molecule has 0 heterocycles. The smallest absolute Gasteiger partial charge is 0.303 e. The Morgan fingerprint density at radius 1 is 1.21 bits per heavy atom. The largest absolute Gasteiger partial charge is 0.481 e. The van der Waals surface area contributed by atoms with Gasteiger partial charge in [0.1, 0.15) is 0 Å². The molecular formula is C16H23NO2. The van der Waals surface area contributed by atoms with Gasteiger partial charge >= 0.3 is 5.97 Å². The first-order valence-electron chi connectivity index (χ1n) is 7.26. The van der Waals surface area contributed by atoms with E-state index in [1.54, 1.807) is 0 Å². The minimum Gasteiger partial charge on any atom is -0.481 e. The van der Waals surface area contributed by atoms with E-state index in [1.165, 1.54) is 42.4 Å². The van der Waals surface area contributed by atoms with Gasteiger partial charge in [-0.05, 0) is 55.2 Å². The highest BCUT2D eigenvalue weighted by atomic mass is 16.4. The van der Waals surface area contributed by atoms with Crippen molar-refractivity contribution in [3.63, 3.8) is 0 Å². The van der Waals surface area contributed by atoms with Crippen LogP contribution < -0.4 is 5.73 Å². The zero-order valence-corrected chi connectivity index (χ0v) is 11.4. The van der Waals surface area contributed by atoms with Crippen molar-refractivity contribution < 1.29 is 9.90 Å². The molecule has 0 amide bonds. The van der Waals surface area contributed by atoms with Crippen molar-refractivity contribution in [1.82, 2.24) is 0 Å². The number of aryl methyl sites for hydroxylation is 2. The van der Waals surface area contributed by atoms with E-state index in [0.717, 1.165) is 12.8 Å². The monoisotopic (exact) mass is 261 g/mol. The van der Waals surface area contributed by atoms with Crippen LogP contribution in [-0.2, 0) is 17.6 Å². The quantitative estimate of drug-likeness (QED) is 0.773. The summed E-state index contributed by atoms with van der Waals surface area (Å²) in [7, 11) is 0. The Bertz CT molecular complexity index is 442. The summed E-state index contributed by atoms with van der Waals surface area (Å²) in [6.45, 7) is 0. The predicted octanol–water partition coefficient (Wildman–Crippen LogP) is 3.21. The zero-order chi connectivity index (χ0) is 13.7. The molecule has 1 aromatic carbocycles. The van der Waals surface area contributed by atoms with Gasteiger partial charge in [-0.1, -0.05) is 24.6 Å². The van der Waals surface area contributed by atoms with Gasteiger partial charge < -0.3 is 10.8 Å². The predicted molar refractivity (Wildman–Crippen MR) is 76.1 cm³/mol. The fourth-order valence-electron chi connectivity index (χ4n) is 2.79. The fraction of sp³-hybridized carbons (Fsp3) is 0.562. The molecule has 19 heavy (non-hydrogen) atoms. The summed E-state index contributed by atoms with van der Waals surface area (Å²) in [4.78, 5) is 10.4. The van der Waals surface area contributed by atoms with Crippen LogP contribution in [0, 0.1) is 0 Å². The lowest BCUT2D eigenvalue weighted by molar-refractivity contribution is -0.137. The normalized spacial score (nSPS) is 15.8. The summed E-state index contributed by atoms with van der Waals surface area (Å²) < 4.78 is 0. The van der Waals surface area contributed by atoms with Crippen molar-refractivity contribution in [2.75, 3.05) is 0 Å². The lowest BCUT2D eigenvalue weighted by Gasteiger charge is -2.19. The number of unbranched alkanes of at least 4 members (excludes halogenated alkanes) is 1.